The van der Waals surface area contributed by atoms with Crippen LogP contribution in [0.2, 0.25) is 0 Å². The molecule has 0 aromatic carbocycles. The van der Waals surface area contributed by atoms with Crippen LogP contribution >= 0.6 is 0 Å². The molecule has 1 aromatic heterocycles. The summed E-state index contributed by atoms with van der Waals surface area (Å²) in [6.45, 7) is 2.27. The van der Waals surface area contributed by atoms with Crippen LogP contribution in [0.4, 0.5) is 0 Å². The van der Waals surface area contributed by atoms with Crippen LogP contribution in [0.15, 0.2) is 10.8 Å². The minimum absolute atomic E-state index is 0.0370. The van der Waals surface area contributed by atoms with Gasteiger partial charge in [-0.2, -0.15) is 0 Å². The Labute approximate surface area is 97.8 Å². The fraction of sp³-hybridized carbons (Fsp3) is 0.769. The van der Waals surface area contributed by atoms with E-state index in [4.69, 9.17) is 9.63 Å². The molecule has 1 N–H and O–H groups in total. The van der Waals surface area contributed by atoms with Crippen molar-refractivity contribution in [1.82, 2.24) is 5.16 Å². The molecular weight excluding hydrogens is 202 g/mol. The SMILES string of the molecule is CCCCCCCCCc1nocc1CO. The van der Waals surface area contributed by atoms with E-state index in [1.165, 1.54) is 44.8 Å². The molecule has 1 rings (SSSR count). The standard InChI is InChI=1S/C13H23NO2/c1-2-3-4-5-6-7-8-9-13-12(10-15)11-16-14-13/h11,15H,2-10H2,1H3. The zero-order valence-electron chi connectivity index (χ0n) is 10.2. The van der Waals surface area contributed by atoms with Crippen molar-refractivity contribution >= 4 is 0 Å². The predicted molar refractivity (Wildman–Crippen MR) is 64.1 cm³/mol. The molecule has 0 bridgehead atoms. The number of hydrogen-bond acceptors (Lipinski definition) is 3. The van der Waals surface area contributed by atoms with E-state index in [1.54, 1.807) is 0 Å². The van der Waals surface area contributed by atoms with Gasteiger partial charge in [-0.3, -0.25) is 0 Å². The second-order valence-electron chi connectivity index (χ2n) is 4.32. The Kier molecular flexibility index (Phi) is 6.90. The maximum absolute atomic E-state index is 9.01. The number of aliphatic hydroxyl groups excluding tert-OH is 1. The molecule has 0 aliphatic rings. The summed E-state index contributed by atoms with van der Waals surface area (Å²) in [4.78, 5) is 0. The summed E-state index contributed by atoms with van der Waals surface area (Å²) in [5.41, 5.74) is 1.77. The van der Waals surface area contributed by atoms with E-state index in [2.05, 4.69) is 12.1 Å². The van der Waals surface area contributed by atoms with Crippen LogP contribution in [0.1, 0.15) is 63.1 Å². The van der Waals surface area contributed by atoms with Crippen molar-refractivity contribution < 1.29 is 9.63 Å². The molecule has 3 nitrogen and oxygen atoms in total. The summed E-state index contributed by atoms with van der Waals surface area (Å²) in [6.07, 6.45) is 11.6. The van der Waals surface area contributed by atoms with Crippen molar-refractivity contribution in [3.05, 3.63) is 17.5 Å². The number of nitrogens with zero attached hydrogens (tertiary/aromatic N) is 1. The van der Waals surface area contributed by atoms with Crippen LogP contribution < -0.4 is 0 Å². The number of aromatic nitrogens is 1. The third kappa shape index (κ3) is 4.79. The average molecular weight is 225 g/mol. The van der Waals surface area contributed by atoms with Gasteiger partial charge in [0.05, 0.1) is 12.3 Å². The highest BCUT2D eigenvalue weighted by atomic mass is 16.5. The normalized spacial score (nSPS) is 10.9. The first kappa shape index (κ1) is 13.2. The number of rotatable bonds is 9. The van der Waals surface area contributed by atoms with Crippen molar-refractivity contribution in [1.29, 1.82) is 0 Å². The zero-order valence-corrected chi connectivity index (χ0v) is 10.2. The molecule has 0 aliphatic carbocycles. The molecule has 0 saturated carbocycles. The van der Waals surface area contributed by atoms with Crippen LogP contribution in [-0.2, 0) is 13.0 Å². The van der Waals surface area contributed by atoms with Crippen LogP contribution in [0.3, 0.4) is 0 Å². The van der Waals surface area contributed by atoms with E-state index in [0.29, 0.717) is 0 Å². The zero-order chi connectivity index (χ0) is 11.6. The summed E-state index contributed by atoms with van der Waals surface area (Å²) >= 11 is 0. The van der Waals surface area contributed by atoms with Gasteiger partial charge in [0, 0.05) is 5.56 Å². The van der Waals surface area contributed by atoms with Crippen molar-refractivity contribution in [2.45, 2.75) is 64.9 Å². The quantitative estimate of drug-likeness (QED) is 0.655. The van der Waals surface area contributed by atoms with Gasteiger partial charge < -0.3 is 9.63 Å². The average Bonchev–Trinajstić information content (AvgIpc) is 2.75. The smallest absolute Gasteiger partial charge is 0.129 e. The van der Waals surface area contributed by atoms with E-state index >= 15 is 0 Å². The summed E-state index contributed by atoms with van der Waals surface area (Å²) in [6, 6.07) is 0. The first-order valence-electron chi connectivity index (χ1n) is 6.41. The summed E-state index contributed by atoms with van der Waals surface area (Å²) in [5.74, 6) is 0. The number of aryl methyl sites for hydroxylation is 1. The van der Waals surface area contributed by atoms with Gasteiger partial charge >= 0.3 is 0 Å². The molecule has 16 heavy (non-hydrogen) atoms. The van der Waals surface area contributed by atoms with Gasteiger partial charge in [-0.15, -0.1) is 0 Å². The van der Waals surface area contributed by atoms with Gasteiger partial charge in [-0.05, 0) is 12.8 Å². The number of aliphatic hydroxyl groups is 1. The van der Waals surface area contributed by atoms with Crippen LogP contribution in [0.25, 0.3) is 0 Å². The molecule has 3 heteroatoms. The lowest BCUT2D eigenvalue weighted by atomic mass is 10.1. The van der Waals surface area contributed by atoms with Gasteiger partial charge in [0.1, 0.15) is 6.26 Å². The summed E-state index contributed by atoms with van der Waals surface area (Å²) in [5, 5.41) is 12.9. The van der Waals surface area contributed by atoms with Crippen molar-refractivity contribution in [2.75, 3.05) is 0 Å². The van der Waals surface area contributed by atoms with Gasteiger partial charge in [0.15, 0.2) is 0 Å². The second kappa shape index (κ2) is 8.34. The monoisotopic (exact) mass is 225 g/mol. The van der Waals surface area contributed by atoms with Crippen molar-refractivity contribution in [3.8, 4) is 0 Å². The predicted octanol–water partition coefficient (Wildman–Crippen LogP) is 3.46. The fourth-order valence-electron chi connectivity index (χ4n) is 1.86. The van der Waals surface area contributed by atoms with Gasteiger partial charge in [0.2, 0.25) is 0 Å². The van der Waals surface area contributed by atoms with E-state index in [-0.39, 0.29) is 6.61 Å². The Morgan fingerprint density at radius 1 is 1.12 bits per heavy atom. The Hall–Kier alpha value is -0.830. The molecule has 0 spiro atoms. The molecule has 0 atom stereocenters. The molecule has 0 saturated heterocycles. The maximum Gasteiger partial charge on any atom is 0.129 e. The van der Waals surface area contributed by atoms with E-state index in [1.807, 2.05) is 0 Å². The lowest BCUT2D eigenvalue weighted by Gasteiger charge is -2.00. The molecule has 1 aromatic rings. The van der Waals surface area contributed by atoms with Crippen LogP contribution in [0.5, 0.6) is 0 Å². The molecule has 0 amide bonds. The third-order valence-corrected chi connectivity index (χ3v) is 2.92. The van der Waals surface area contributed by atoms with Crippen LogP contribution in [0, 0.1) is 0 Å². The summed E-state index contributed by atoms with van der Waals surface area (Å²) in [7, 11) is 0. The highest BCUT2D eigenvalue weighted by Crippen LogP contribution is 2.12. The molecule has 0 fully saturated rings. The van der Waals surface area contributed by atoms with Gasteiger partial charge in [-0.25, -0.2) is 0 Å². The van der Waals surface area contributed by atoms with Gasteiger partial charge in [-0.1, -0.05) is 50.6 Å². The second-order valence-corrected chi connectivity index (χ2v) is 4.32. The Bertz CT molecular complexity index is 271. The van der Waals surface area contributed by atoms with Crippen molar-refractivity contribution in [3.63, 3.8) is 0 Å². The van der Waals surface area contributed by atoms with Gasteiger partial charge in [0.25, 0.3) is 0 Å². The molecule has 0 radical (unpaired) electrons. The molecule has 0 aliphatic heterocycles. The van der Waals surface area contributed by atoms with E-state index in [9.17, 15) is 0 Å². The lowest BCUT2D eigenvalue weighted by Crippen LogP contribution is -1.92. The summed E-state index contributed by atoms with van der Waals surface area (Å²) < 4.78 is 4.84. The highest BCUT2D eigenvalue weighted by molar-refractivity contribution is 5.13. The van der Waals surface area contributed by atoms with E-state index < -0.39 is 0 Å². The fourth-order valence-corrected chi connectivity index (χ4v) is 1.86. The maximum atomic E-state index is 9.01. The highest BCUT2D eigenvalue weighted by Gasteiger charge is 2.05. The third-order valence-electron chi connectivity index (χ3n) is 2.92. The Balaban J connectivity index is 2.03. The molecular formula is C13H23NO2. The largest absolute Gasteiger partial charge is 0.391 e. The molecule has 1 heterocycles. The molecule has 92 valence electrons. The van der Waals surface area contributed by atoms with Crippen LogP contribution in [-0.4, -0.2) is 10.3 Å². The topological polar surface area (TPSA) is 46.3 Å². The number of hydrogen-bond donors (Lipinski definition) is 1. The first-order valence-corrected chi connectivity index (χ1v) is 6.41. The lowest BCUT2D eigenvalue weighted by molar-refractivity contribution is 0.279. The first-order chi connectivity index (χ1) is 7.88. The minimum Gasteiger partial charge on any atom is -0.391 e. The Morgan fingerprint density at radius 3 is 2.50 bits per heavy atom. The van der Waals surface area contributed by atoms with Crippen molar-refractivity contribution in [2.24, 2.45) is 0 Å². The number of unbranched alkanes of at least 4 members (excludes halogenated alkanes) is 6. The minimum atomic E-state index is 0.0370. The van der Waals surface area contributed by atoms with E-state index in [0.717, 1.165) is 24.1 Å². The Morgan fingerprint density at radius 2 is 1.81 bits per heavy atom. The molecule has 0 unspecified atom stereocenters.